The van der Waals surface area contributed by atoms with Crippen LogP contribution in [-0.2, 0) is 9.59 Å². The molecule has 28 heavy (non-hydrogen) atoms. The Morgan fingerprint density at radius 3 is 2.50 bits per heavy atom. The minimum Gasteiger partial charge on any atom is -0.497 e. The molecule has 1 aromatic carbocycles. The van der Waals surface area contributed by atoms with E-state index in [0.29, 0.717) is 32.7 Å². The van der Waals surface area contributed by atoms with E-state index in [2.05, 4.69) is 15.1 Å². The second-order valence-electron chi connectivity index (χ2n) is 7.00. The Hall–Kier alpha value is -3.16. The van der Waals surface area contributed by atoms with Crippen molar-refractivity contribution >= 4 is 23.3 Å². The monoisotopic (exact) mass is 381 g/mol. The van der Waals surface area contributed by atoms with Crippen LogP contribution in [0.5, 0.6) is 5.75 Å². The average Bonchev–Trinajstić information content (AvgIpc) is 3.15. The van der Waals surface area contributed by atoms with Gasteiger partial charge in [-0.25, -0.2) is 0 Å². The first-order chi connectivity index (χ1) is 13.7. The molecule has 8 heteroatoms. The van der Waals surface area contributed by atoms with E-state index in [-0.39, 0.29) is 24.2 Å². The van der Waals surface area contributed by atoms with Gasteiger partial charge in [0.15, 0.2) is 5.82 Å². The van der Waals surface area contributed by atoms with E-state index < -0.39 is 0 Å². The van der Waals surface area contributed by atoms with Gasteiger partial charge in [-0.05, 0) is 36.4 Å². The standard InChI is InChI=1S/C20H23N5O3/c1-28-17-6-4-16(5-7-17)25-14-15(13-19(25)26)20(27)24-11-9-23(10-12-24)18-3-2-8-21-22-18/h2-8,15H,9-14H2,1H3. The van der Waals surface area contributed by atoms with Crippen molar-refractivity contribution in [1.82, 2.24) is 15.1 Å². The minimum atomic E-state index is -0.294. The van der Waals surface area contributed by atoms with Crippen LogP contribution in [0.2, 0.25) is 0 Å². The van der Waals surface area contributed by atoms with Crippen LogP contribution in [0, 0.1) is 5.92 Å². The largest absolute Gasteiger partial charge is 0.497 e. The Kier molecular flexibility index (Phi) is 5.10. The molecule has 0 saturated carbocycles. The van der Waals surface area contributed by atoms with Crippen molar-refractivity contribution in [1.29, 1.82) is 0 Å². The highest BCUT2D eigenvalue weighted by atomic mass is 16.5. The van der Waals surface area contributed by atoms with Crippen LogP contribution in [-0.4, -0.2) is 66.7 Å². The molecule has 1 unspecified atom stereocenters. The molecule has 146 valence electrons. The van der Waals surface area contributed by atoms with E-state index in [9.17, 15) is 9.59 Å². The lowest BCUT2D eigenvalue weighted by atomic mass is 10.1. The molecule has 1 atom stereocenters. The molecular formula is C20H23N5O3. The number of anilines is 2. The summed E-state index contributed by atoms with van der Waals surface area (Å²) in [6, 6.07) is 11.1. The highest BCUT2D eigenvalue weighted by Gasteiger charge is 2.38. The summed E-state index contributed by atoms with van der Waals surface area (Å²) in [6.45, 7) is 3.11. The summed E-state index contributed by atoms with van der Waals surface area (Å²) in [4.78, 5) is 31.1. The molecule has 4 rings (SSSR count). The van der Waals surface area contributed by atoms with Gasteiger partial charge in [0.1, 0.15) is 5.75 Å². The number of hydrogen-bond acceptors (Lipinski definition) is 6. The van der Waals surface area contributed by atoms with E-state index in [1.165, 1.54) is 0 Å². The first kappa shape index (κ1) is 18.2. The van der Waals surface area contributed by atoms with Gasteiger partial charge >= 0.3 is 0 Å². The van der Waals surface area contributed by atoms with Crippen LogP contribution in [0.25, 0.3) is 0 Å². The summed E-state index contributed by atoms with van der Waals surface area (Å²) in [5.74, 6) is 1.32. The predicted molar refractivity (Wildman–Crippen MR) is 104 cm³/mol. The van der Waals surface area contributed by atoms with Crippen LogP contribution in [0.1, 0.15) is 6.42 Å². The Balaban J connectivity index is 1.36. The van der Waals surface area contributed by atoms with Crippen molar-refractivity contribution in [2.24, 2.45) is 5.92 Å². The molecule has 8 nitrogen and oxygen atoms in total. The second-order valence-corrected chi connectivity index (χ2v) is 7.00. The normalized spacial score (nSPS) is 19.8. The van der Waals surface area contributed by atoms with Crippen molar-refractivity contribution in [3.8, 4) is 5.75 Å². The quantitative estimate of drug-likeness (QED) is 0.792. The van der Waals surface area contributed by atoms with Crippen molar-refractivity contribution in [2.45, 2.75) is 6.42 Å². The number of piperazine rings is 1. The van der Waals surface area contributed by atoms with Gasteiger partial charge in [0.05, 0.1) is 13.0 Å². The molecule has 2 aliphatic rings. The van der Waals surface area contributed by atoms with E-state index >= 15 is 0 Å². The van der Waals surface area contributed by atoms with Gasteiger partial charge in [-0.1, -0.05) is 0 Å². The van der Waals surface area contributed by atoms with E-state index in [4.69, 9.17) is 4.74 Å². The topological polar surface area (TPSA) is 78.9 Å². The number of amides is 2. The Bertz CT molecular complexity index is 835. The third kappa shape index (κ3) is 3.62. The molecule has 0 spiro atoms. The van der Waals surface area contributed by atoms with E-state index in [0.717, 1.165) is 17.3 Å². The van der Waals surface area contributed by atoms with Gasteiger partial charge in [0.2, 0.25) is 11.8 Å². The molecular weight excluding hydrogens is 358 g/mol. The number of nitrogens with zero attached hydrogens (tertiary/aromatic N) is 5. The lowest BCUT2D eigenvalue weighted by Crippen LogP contribution is -2.51. The summed E-state index contributed by atoms with van der Waals surface area (Å²) in [6.07, 6.45) is 1.91. The van der Waals surface area contributed by atoms with Gasteiger partial charge in [-0.2, -0.15) is 5.10 Å². The maximum atomic E-state index is 12.9. The summed E-state index contributed by atoms with van der Waals surface area (Å²) in [5, 5.41) is 8.04. The van der Waals surface area contributed by atoms with E-state index in [1.807, 2.05) is 41.3 Å². The predicted octanol–water partition coefficient (Wildman–Crippen LogP) is 1.19. The SMILES string of the molecule is COc1ccc(N2CC(C(=O)N3CCN(c4cccnn4)CC3)CC2=O)cc1. The lowest BCUT2D eigenvalue weighted by molar-refractivity contribution is -0.136. The number of aromatic nitrogens is 2. The number of carbonyl (C=O) groups is 2. The number of carbonyl (C=O) groups excluding carboxylic acids is 2. The van der Waals surface area contributed by atoms with Gasteiger partial charge in [0, 0.05) is 51.0 Å². The average molecular weight is 381 g/mol. The van der Waals surface area contributed by atoms with Crippen molar-refractivity contribution in [3.05, 3.63) is 42.6 Å². The molecule has 0 N–H and O–H groups in total. The number of ether oxygens (including phenoxy) is 1. The molecule has 0 bridgehead atoms. The van der Waals surface area contributed by atoms with Crippen molar-refractivity contribution in [3.63, 3.8) is 0 Å². The molecule has 0 radical (unpaired) electrons. The van der Waals surface area contributed by atoms with Gasteiger partial charge in [-0.3, -0.25) is 9.59 Å². The summed E-state index contributed by atoms with van der Waals surface area (Å²) >= 11 is 0. The first-order valence-corrected chi connectivity index (χ1v) is 9.41. The molecule has 2 aliphatic heterocycles. The minimum absolute atomic E-state index is 0.0123. The van der Waals surface area contributed by atoms with Crippen molar-refractivity contribution < 1.29 is 14.3 Å². The fourth-order valence-electron chi connectivity index (χ4n) is 3.76. The smallest absolute Gasteiger partial charge is 0.228 e. The zero-order valence-corrected chi connectivity index (χ0v) is 15.8. The van der Waals surface area contributed by atoms with Crippen LogP contribution in [0.15, 0.2) is 42.6 Å². The number of rotatable bonds is 4. The maximum absolute atomic E-state index is 12.9. The fraction of sp³-hybridized carbons (Fsp3) is 0.400. The first-order valence-electron chi connectivity index (χ1n) is 9.41. The van der Waals surface area contributed by atoms with Crippen LogP contribution in [0.4, 0.5) is 11.5 Å². The molecule has 2 aromatic rings. The Labute approximate surface area is 163 Å². The summed E-state index contributed by atoms with van der Waals surface area (Å²) in [7, 11) is 1.61. The van der Waals surface area contributed by atoms with Crippen molar-refractivity contribution in [2.75, 3.05) is 49.6 Å². The van der Waals surface area contributed by atoms with Gasteiger partial charge in [0.25, 0.3) is 0 Å². The molecule has 2 fully saturated rings. The third-order valence-corrected chi connectivity index (χ3v) is 5.33. The highest BCUT2D eigenvalue weighted by molar-refractivity contribution is 6.00. The molecule has 2 saturated heterocycles. The summed E-state index contributed by atoms with van der Waals surface area (Å²) in [5.41, 5.74) is 0.800. The maximum Gasteiger partial charge on any atom is 0.228 e. The number of hydrogen-bond donors (Lipinski definition) is 0. The van der Waals surface area contributed by atoms with E-state index in [1.54, 1.807) is 18.2 Å². The zero-order chi connectivity index (χ0) is 19.5. The van der Waals surface area contributed by atoms with Gasteiger partial charge < -0.3 is 19.4 Å². The fourth-order valence-corrected chi connectivity index (χ4v) is 3.76. The Morgan fingerprint density at radius 2 is 1.86 bits per heavy atom. The number of benzene rings is 1. The summed E-state index contributed by atoms with van der Waals surface area (Å²) < 4.78 is 5.16. The molecule has 1 aromatic heterocycles. The lowest BCUT2D eigenvalue weighted by Gasteiger charge is -2.36. The number of methoxy groups -OCH3 is 1. The van der Waals surface area contributed by atoms with Crippen LogP contribution in [0.3, 0.4) is 0 Å². The zero-order valence-electron chi connectivity index (χ0n) is 15.8. The Morgan fingerprint density at radius 1 is 1.11 bits per heavy atom. The third-order valence-electron chi connectivity index (χ3n) is 5.33. The van der Waals surface area contributed by atoms with Crippen LogP contribution >= 0.6 is 0 Å². The highest BCUT2D eigenvalue weighted by Crippen LogP contribution is 2.28. The van der Waals surface area contributed by atoms with Gasteiger partial charge in [-0.15, -0.1) is 5.10 Å². The molecule has 3 heterocycles. The molecule has 0 aliphatic carbocycles. The second kappa shape index (κ2) is 7.84. The molecule has 2 amide bonds. The van der Waals surface area contributed by atoms with Crippen LogP contribution < -0.4 is 14.5 Å².